The van der Waals surface area contributed by atoms with Crippen LogP contribution < -0.4 is 9.47 Å². The number of ether oxygens (including phenoxy) is 2. The van der Waals surface area contributed by atoms with Gasteiger partial charge in [-0.1, -0.05) is 79.9 Å². The topological polar surface area (TPSA) is 18.5 Å². The molecular formula is C33H30O2. The number of aryl methyl sites for hydroxylation is 1. The fourth-order valence-electron chi connectivity index (χ4n) is 4.14. The van der Waals surface area contributed by atoms with Crippen LogP contribution in [0.4, 0.5) is 0 Å². The Kier molecular flexibility index (Phi) is 7.67. The Morgan fingerprint density at radius 1 is 0.857 bits per heavy atom. The standard InChI is InChI=1S/C33H30O2/c1-5-10-27(7-3)33-24(4)11-8-12-29(33)23-35-32-14-9-13-31(21-32)34-22-26-16-18-28-17-15-25(6-2)19-30(28)20-26/h5-6,8-21H,2-3,22-23H2,1,4H3/b10-5+. The highest BCUT2D eigenvalue weighted by Gasteiger charge is 2.10. The summed E-state index contributed by atoms with van der Waals surface area (Å²) < 4.78 is 12.3. The number of hydrogen-bond donors (Lipinski definition) is 0. The second-order valence-corrected chi connectivity index (χ2v) is 8.40. The maximum atomic E-state index is 6.16. The molecule has 4 aromatic carbocycles. The van der Waals surface area contributed by atoms with Gasteiger partial charge in [-0.3, -0.25) is 0 Å². The van der Waals surface area contributed by atoms with Crippen LogP contribution >= 0.6 is 0 Å². The molecule has 0 amide bonds. The SMILES string of the molecule is C=C=C(/C=C/C)c1c(C)cccc1COc1cccc(OCc2ccc3ccc(C=C)cc3c2)c1. The first-order valence-electron chi connectivity index (χ1n) is 11.7. The fraction of sp³-hybridized carbons (Fsp3) is 0.121. The van der Waals surface area contributed by atoms with E-state index >= 15 is 0 Å². The van der Waals surface area contributed by atoms with Crippen molar-refractivity contribution in [1.29, 1.82) is 0 Å². The van der Waals surface area contributed by atoms with Gasteiger partial charge in [0.1, 0.15) is 24.7 Å². The normalized spacial score (nSPS) is 10.8. The predicted molar refractivity (Wildman–Crippen MR) is 148 cm³/mol. The van der Waals surface area contributed by atoms with Crippen LogP contribution in [0.25, 0.3) is 22.4 Å². The molecule has 0 saturated carbocycles. The highest BCUT2D eigenvalue weighted by Crippen LogP contribution is 2.27. The Labute approximate surface area is 208 Å². The molecule has 0 fully saturated rings. The molecule has 0 unspecified atom stereocenters. The van der Waals surface area contributed by atoms with E-state index in [1.54, 1.807) is 0 Å². The van der Waals surface area contributed by atoms with Crippen molar-refractivity contribution in [2.45, 2.75) is 27.1 Å². The quantitative estimate of drug-likeness (QED) is 0.184. The summed E-state index contributed by atoms with van der Waals surface area (Å²) in [5.74, 6) is 1.53. The van der Waals surface area contributed by atoms with Gasteiger partial charge in [0.05, 0.1) is 0 Å². The highest BCUT2D eigenvalue weighted by molar-refractivity contribution is 5.85. The zero-order valence-electron chi connectivity index (χ0n) is 20.4. The first kappa shape index (κ1) is 23.9. The molecule has 0 aliphatic heterocycles. The van der Waals surface area contributed by atoms with E-state index in [1.807, 2.05) is 49.4 Å². The largest absolute Gasteiger partial charge is 0.489 e. The molecule has 2 heteroatoms. The zero-order valence-corrected chi connectivity index (χ0v) is 20.4. The molecule has 35 heavy (non-hydrogen) atoms. The van der Waals surface area contributed by atoms with Gasteiger partial charge in [0.25, 0.3) is 0 Å². The van der Waals surface area contributed by atoms with Gasteiger partial charge in [0.15, 0.2) is 0 Å². The lowest BCUT2D eigenvalue weighted by Crippen LogP contribution is -2.02. The van der Waals surface area contributed by atoms with Gasteiger partial charge in [-0.15, -0.1) is 5.73 Å². The van der Waals surface area contributed by atoms with Crippen LogP contribution in [0.3, 0.4) is 0 Å². The van der Waals surface area contributed by atoms with Gasteiger partial charge in [-0.25, -0.2) is 0 Å². The third kappa shape index (κ3) is 5.81. The summed E-state index contributed by atoms with van der Waals surface area (Å²) >= 11 is 0. The van der Waals surface area contributed by atoms with Crippen LogP contribution in [0.2, 0.25) is 0 Å². The Bertz CT molecular complexity index is 1430. The lowest BCUT2D eigenvalue weighted by molar-refractivity contribution is 0.290. The van der Waals surface area contributed by atoms with Crippen molar-refractivity contribution in [2.75, 3.05) is 0 Å². The van der Waals surface area contributed by atoms with Crippen molar-refractivity contribution >= 4 is 22.4 Å². The van der Waals surface area contributed by atoms with Gasteiger partial charge in [-0.05, 0) is 76.7 Å². The molecule has 174 valence electrons. The third-order valence-electron chi connectivity index (χ3n) is 5.92. The Hall–Kier alpha value is -4.26. The van der Waals surface area contributed by atoms with Crippen molar-refractivity contribution in [3.05, 3.63) is 138 Å². The number of benzene rings is 4. The molecule has 0 N–H and O–H groups in total. The predicted octanol–water partition coefficient (Wildman–Crippen LogP) is 8.69. The van der Waals surface area contributed by atoms with Crippen LogP contribution in [0.1, 0.15) is 34.7 Å². The lowest BCUT2D eigenvalue weighted by Gasteiger charge is -2.14. The number of hydrogen-bond acceptors (Lipinski definition) is 2. The van der Waals surface area contributed by atoms with Gasteiger partial charge < -0.3 is 9.47 Å². The van der Waals surface area contributed by atoms with Crippen LogP contribution in [0, 0.1) is 6.92 Å². The van der Waals surface area contributed by atoms with Gasteiger partial charge in [-0.2, -0.15) is 0 Å². The summed E-state index contributed by atoms with van der Waals surface area (Å²) in [6.07, 6.45) is 5.89. The smallest absolute Gasteiger partial charge is 0.123 e. The Balaban J connectivity index is 1.46. The van der Waals surface area contributed by atoms with Gasteiger partial charge in [0, 0.05) is 11.6 Å². The van der Waals surface area contributed by atoms with Gasteiger partial charge in [0.2, 0.25) is 0 Å². The highest BCUT2D eigenvalue weighted by atomic mass is 16.5. The van der Waals surface area contributed by atoms with Crippen molar-refractivity contribution < 1.29 is 9.47 Å². The number of rotatable bonds is 9. The Morgan fingerprint density at radius 3 is 2.34 bits per heavy atom. The zero-order chi connectivity index (χ0) is 24.6. The van der Waals surface area contributed by atoms with Crippen LogP contribution in [0.15, 0.2) is 110 Å². The van der Waals surface area contributed by atoms with E-state index in [1.165, 1.54) is 16.3 Å². The monoisotopic (exact) mass is 458 g/mol. The van der Waals surface area contributed by atoms with E-state index in [9.17, 15) is 0 Å². The number of fused-ring (bicyclic) bond motifs is 1. The van der Waals surface area contributed by atoms with E-state index in [-0.39, 0.29) is 0 Å². The van der Waals surface area contributed by atoms with Crippen LogP contribution in [-0.2, 0) is 13.2 Å². The molecule has 4 aromatic rings. The second kappa shape index (κ2) is 11.2. The number of allylic oxidation sites excluding steroid dienone is 3. The summed E-state index contributed by atoms with van der Waals surface area (Å²) in [6, 6.07) is 26.7. The molecule has 0 aliphatic rings. The molecule has 0 aliphatic carbocycles. The second-order valence-electron chi connectivity index (χ2n) is 8.40. The lowest BCUT2D eigenvalue weighted by atomic mass is 9.95. The third-order valence-corrected chi connectivity index (χ3v) is 5.92. The van der Waals surface area contributed by atoms with Crippen LogP contribution in [0.5, 0.6) is 11.5 Å². The van der Waals surface area contributed by atoms with Crippen molar-refractivity contribution in [3.8, 4) is 11.5 Å². The molecular weight excluding hydrogens is 428 g/mol. The van der Waals surface area contributed by atoms with Crippen molar-refractivity contribution in [3.63, 3.8) is 0 Å². The summed E-state index contributed by atoms with van der Waals surface area (Å²) in [7, 11) is 0. The first-order valence-corrected chi connectivity index (χ1v) is 11.7. The van der Waals surface area contributed by atoms with E-state index < -0.39 is 0 Å². The van der Waals surface area contributed by atoms with E-state index in [4.69, 9.17) is 9.47 Å². The summed E-state index contributed by atoms with van der Waals surface area (Å²) in [6.45, 7) is 12.7. The molecule has 0 heterocycles. The van der Waals surface area contributed by atoms with E-state index in [0.29, 0.717) is 13.2 Å². The first-order chi connectivity index (χ1) is 17.1. The summed E-state index contributed by atoms with van der Waals surface area (Å²) in [5, 5.41) is 2.38. The van der Waals surface area contributed by atoms with Crippen molar-refractivity contribution in [1.82, 2.24) is 0 Å². The average molecular weight is 459 g/mol. The molecule has 4 rings (SSSR count). The molecule has 0 bridgehead atoms. The minimum Gasteiger partial charge on any atom is -0.489 e. The maximum absolute atomic E-state index is 6.16. The molecule has 2 nitrogen and oxygen atoms in total. The fourth-order valence-corrected chi connectivity index (χ4v) is 4.14. The Morgan fingerprint density at radius 2 is 1.60 bits per heavy atom. The summed E-state index contributed by atoms with van der Waals surface area (Å²) in [4.78, 5) is 0. The average Bonchev–Trinajstić information content (AvgIpc) is 2.89. The van der Waals surface area contributed by atoms with Crippen LogP contribution in [-0.4, -0.2) is 0 Å². The van der Waals surface area contributed by atoms with E-state index in [2.05, 4.69) is 80.4 Å². The molecule has 0 atom stereocenters. The minimum absolute atomic E-state index is 0.444. The molecule has 0 aromatic heterocycles. The molecule has 0 saturated heterocycles. The van der Waals surface area contributed by atoms with Crippen molar-refractivity contribution in [2.24, 2.45) is 0 Å². The minimum atomic E-state index is 0.444. The van der Waals surface area contributed by atoms with E-state index in [0.717, 1.165) is 39.3 Å². The molecule has 0 spiro atoms. The maximum Gasteiger partial charge on any atom is 0.123 e. The molecule has 0 radical (unpaired) electrons. The summed E-state index contributed by atoms with van der Waals surface area (Å²) in [5.41, 5.74) is 9.63. The van der Waals surface area contributed by atoms with Gasteiger partial charge >= 0.3 is 0 Å².